The van der Waals surface area contributed by atoms with Gasteiger partial charge in [-0.25, -0.2) is 0 Å². The Morgan fingerprint density at radius 1 is 1.00 bits per heavy atom. The van der Waals surface area contributed by atoms with Gasteiger partial charge in [0.2, 0.25) is 6.04 Å². The zero-order valence-electron chi connectivity index (χ0n) is 14.0. The molecular weight excluding hydrogens is 294 g/mol. The fourth-order valence-corrected chi connectivity index (χ4v) is 2.06. The molecule has 5 heteroatoms. The molecule has 0 aliphatic carbocycles. The number of carbonyl (C=O) groups excluding carboxylic acids is 1. The molecule has 0 aromatic carbocycles. The monoisotopic (exact) mass is 323 g/mol. The first-order chi connectivity index (χ1) is 11.1. The third-order valence-corrected chi connectivity index (χ3v) is 3.42. The van der Waals surface area contributed by atoms with Gasteiger partial charge in [-0.3, -0.25) is 10.1 Å². The average Bonchev–Trinajstić information content (AvgIpc) is 2.52. The second-order valence-electron chi connectivity index (χ2n) is 5.40. The van der Waals surface area contributed by atoms with Crippen LogP contribution in [0.4, 0.5) is 0 Å². The topological polar surface area (TPSA) is 80.4 Å². The van der Waals surface area contributed by atoms with E-state index >= 15 is 0 Å². The third kappa shape index (κ3) is 12.5. The maximum absolute atomic E-state index is 11.0. The van der Waals surface area contributed by atoms with E-state index in [2.05, 4.69) is 6.08 Å². The molecule has 5 nitrogen and oxygen atoms in total. The number of nitrogens with zero attached hydrogens (tertiary/aromatic N) is 1. The van der Waals surface area contributed by atoms with E-state index < -0.39 is 17.1 Å². The summed E-state index contributed by atoms with van der Waals surface area (Å²) in [4.78, 5) is 20.7. The molecule has 0 bridgehead atoms. The molecule has 0 saturated heterocycles. The summed E-state index contributed by atoms with van der Waals surface area (Å²) in [5.74, 6) is 0. The van der Waals surface area contributed by atoms with Crippen LogP contribution >= 0.6 is 0 Å². The van der Waals surface area contributed by atoms with Crippen LogP contribution in [-0.4, -0.2) is 28.5 Å². The van der Waals surface area contributed by atoms with Crippen molar-refractivity contribution >= 4 is 6.29 Å². The van der Waals surface area contributed by atoms with Gasteiger partial charge >= 0.3 is 0 Å². The predicted molar refractivity (Wildman–Crippen MR) is 92.9 cm³/mol. The quantitative estimate of drug-likeness (QED) is 0.172. The Bertz CT molecular complexity index is 402. The Hall–Kier alpha value is -1.75. The fraction of sp³-hybridized carbons (Fsp3) is 0.611. The number of nitro groups is 1. The van der Waals surface area contributed by atoms with Gasteiger partial charge in [0.1, 0.15) is 12.4 Å². The molecule has 0 aromatic rings. The van der Waals surface area contributed by atoms with Crippen molar-refractivity contribution in [2.24, 2.45) is 0 Å². The first-order valence-corrected chi connectivity index (χ1v) is 8.33. The van der Waals surface area contributed by atoms with E-state index in [9.17, 15) is 20.0 Å². The predicted octanol–water partition coefficient (Wildman–Crippen LogP) is 4.00. The molecule has 2 atom stereocenters. The van der Waals surface area contributed by atoms with Crippen LogP contribution in [0.3, 0.4) is 0 Å². The molecule has 2 unspecified atom stereocenters. The second kappa shape index (κ2) is 15.2. The first-order valence-electron chi connectivity index (χ1n) is 8.33. The summed E-state index contributed by atoms with van der Waals surface area (Å²) >= 11 is 0. The van der Waals surface area contributed by atoms with Crippen molar-refractivity contribution in [3.63, 3.8) is 0 Å². The largest absolute Gasteiger partial charge is 0.386 e. The normalized spacial score (nSPS) is 14.7. The van der Waals surface area contributed by atoms with Crippen LogP contribution in [0.5, 0.6) is 0 Å². The van der Waals surface area contributed by atoms with Gasteiger partial charge in [0.05, 0.1) is 0 Å². The van der Waals surface area contributed by atoms with Gasteiger partial charge in [-0.1, -0.05) is 43.4 Å². The van der Waals surface area contributed by atoms with Gasteiger partial charge in [0.25, 0.3) is 0 Å². The van der Waals surface area contributed by atoms with Crippen LogP contribution in [0.2, 0.25) is 0 Å². The number of hydrogen-bond donors (Lipinski definition) is 1. The first kappa shape index (κ1) is 21.2. The molecule has 0 aromatic heterocycles. The van der Waals surface area contributed by atoms with Crippen LogP contribution in [-0.2, 0) is 4.79 Å². The van der Waals surface area contributed by atoms with E-state index in [0.29, 0.717) is 12.8 Å². The van der Waals surface area contributed by atoms with Gasteiger partial charge in [-0.15, -0.1) is 0 Å². The summed E-state index contributed by atoms with van der Waals surface area (Å²) in [6.45, 7) is 1.98. The van der Waals surface area contributed by atoms with Gasteiger partial charge in [-0.05, 0) is 38.5 Å². The standard InChI is InChI=1S/C18H29NO4/c1-2-3-11-15-18(21)17(19(22)23)14-12-9-7-5-4-6-8-10-13-16-20/h3-5,9,11-12,16-18,21H,2,6-8,10,13-15H2,1H3/b5-4-,11-3-,12-9-. The number of aliphatic hydroxyl groups excluding tert-OH is 1. The molecule has 0 fully saturated rings. The molecule has 0 heterocycles. The van der Waals surface area contributed by atoms with Crippen molar-refractivity contribution < 1.29 is 14.8 Å². The van der Waals surface area contributed by atoms with Gasteiger partial charge in [-0.2, -0.15) is 0 Å². The summed E-state index contributed by atoms with van der Waals surface area (Å²) in [6, 6.07) is -0.958. The molecule has 130 valence electrons. The highest BCUT2D eigenvalue weighted by molar-refractivity contribution is 5.48. The molecule has 23 heavy (non-hydrogen) atoms. The number of hydrogen-bond acceptors (Lipinski definition) is 4. The molecule has 0 rings (SSSR count). The van der Waals surface area contributed by atoms with Crippen molar-refractivity contribution in [3.8, 4) is 0 Å². The smallest absolute Gasteiger partial charge is 0.242 e. The Balaban J connectivity index is 4.02. The number of aldehydes is 1. The second-order valence-corrected chi connectivity index (χ2v) is 5.40. The van der Waals surface area contributed by atoms with Crippen molar-refractivity contribution in [2.75, 3.05) is 0 Å². The lowest BCUT2D eigenvalue weighted by molar-refractivity contribution is -0.533. The minimum atomic E-state index is -0.958. The Labute approximate surface area is 138 Å². The van der Waals surface area contributed by atoms with Crippen LogP contribution in [0.15, 0.2) is 36.5 Å². The van der Waals surface area contributed by atoms with E-state index in [4.69, 9.17) is 0 Å². The zero-order chi connectivity index (χ0) is 17.3. The third-order valence-electron chi connectivity index (χ3n) is 3.42. The minimum Gasteiger partial charge on any atom is -0.386 e. The molecule has 0 radical (unpaired) electrons. The Morgan fingerprint density at radius 2 is 1.65 bits per heavy atom. The maximum Gasteiger partial charge on any atom is 0.242 e. The molecule has 0 amide bonds. The van der Waals surface area contributed by atoms with Crippen LogP contribution in [0.25, 0.3) is 0 Å². The summed E-state index contributed by atoms with van der Waals surface area (Å²) in [5, 5.41) is 20.9. The number of allylic oxidation sites excluding steroid dienone is 4. The van der Waals surface area contributed by atoms with E-state index in [-0.39, 0.29) is 6.42 Å². The Morgan fingerprint density at radius 3 is 2.30 bits per heavy atom. The van der Waals surface area contributed by atoms with Crippen molar-refractivity contribution in [3.05, 3.63) is 46.6 Å². The lowest BCUT2D eigenvalue weighted by Gasteiger charge is -2.12. The highest BCUT2D eigenvalue weighted by atomic mass is 16.6. The summed E-state index contributed by atoms with van der Waals surface area (Å²) in [6.07, 6.45) is 17.0. The van der Waals surface area contributed by atoms with Crippen LogP contribution in [0.1, 0.15) is 58.3 Å². The molecule has 0 spiro atoms. The molecular formula is C18H29NO4. The van der Waals surface area contributed by atoms with E-state index in [1.165, 1.54) is 0 Å². The van der Waals surface area contributed by atoms with Crippen LogP contribution < -0.4 is 0 Å². The van der Waals surface area contributed by atoms with Gasteiger partial charge < -0.3 is 9.90 Å². The number of carbonyl (C=O) groups is 1. The Kier molecular flexibility index (Phi) is 14.0. The van der Waals surface area contributed by atoms with Crippen LogP contribution in [0, 0.1) is 10.1 Å². The number of aliphatic hydroxyl groups is 1. The highest BCUT2D eigenvalue weighted by Gasteiger charge is 2.27. The number of rotatable bonds is 14. The van der Waals surface area contributed by atoms with Gasteiger partial charge in [0.15, 0.2) is 0 Å². The number of unbranched alkanes of at least 4 members (excludes halogenated alkanes) is 3. The highest BCUT2D eigenvalue weighted by Crippen LogP contribution is 2.10. The SMILES string of the molecule is CC/C=C\CC(O)C(C/C=C\C/C=C\CCCCC=O)[N+](=O)[O-]. The minimum absolute atomic E-state index is 0.237. The average molecular weight is 323 g/mol. The maximum atomic E-state index is 11.0. The molecule has 0 aliphatic heterocycles. The zero-order valence-corrected chi connectivity index (χ0v) is 14.0. The molecule has 0 aliphatic rings. The fourth-order valence-electron chi connectivity index (χ4n) is 2.06. The molecule has 1 N–H and O–H groups in total. The van der Waals surface area contributed by atoms with Crippen molar-refractivity contribution in [1.29, 1.82) is 0 Å². The van der Waals surface area contributed by atoms with E-state index in [0.717, 1.165) is 38.4 Å². The summed E-state index contributed by atoms with van der Waals surface area (Å²) < 4.78 is 0. The summed E-state index contributed by atoms with van der Waals surface area (Å²) in [5.41, 5.74) is 0. The molecule has 0 saturated carbocycles. The van der Waals surface area contributed by atoms with Gasteiger partial charge in [0, 0.05) is 17.8 Å². The lowest BCUT2D eigenvalue weighted by Crippen LogP contribution is -2.32. The van der Waals surface area contributed by atoms with E-state index in [1.807, 2.05) is 25.2 Å². The van der Waals surface area contributed by atoms with E-state index in [1.54, 1.807) is 12.2 Å². The lowest BCUT2D eigenvalue weighted by atomic mass is 10.0. The summed E-state index contributed by atoms with van der Waals surface area (Å²) in [7, 11) is 0. The van der Waals surface area contributed by atoms with Crippen molar-refractivity contribution in [1.82, 2.24) is 0 Å². The van der Waals surface area contributed by atoms with Crippen molar-refractivity contribution in [2.45, 2.75) is 70.4 Å².